The molecule has 116 valence electrons. The predicted octanol–water partition coefficient (Wildman–Crippen LogP) is 2.32. The maximum Gasteiger partial charge on any atom is 0.233 e. The van der Waals surface area contributed by atoms with Crippen molar-refractivity contribution in [2.24, 2.45) is 5.92 Å². The van der Waals surface area contributed by atoms with Gasteiger partial charge in [-0.15, -0.1) is 0 Å². The minimum atomic E-state index is -0.279. The number of carbonyl (C=O) groups is 1. The van der Waals surface area contributed by atoms with Crippen molar-refractivity contribution in [2.75, 3.05) is 26.3 Å². The minimum Gasteiger partial charge on any atom is -0.381 e. The number of halogens is 1. The molecule has 0 spiro atoms. The fourth-order valence-electron chi connectivity index (χ4n) is 2.33. The molecule has 0 bridgehead atoms. The van der Waals surface area contributed by atoms with Gasteiger partial charge in [0.15, 0.2) is 0 Å². The predicted molar refractivity (Wildman–Crippen MR) is 84.4 cm³/mol. The van der Waals surface area contributed by atoms with Crippen LogP contribution in [0.1, 0.15) is 25.8 Å². The first-order valence-electron chi connectivity index (χ1n) is 7.33. The second kappa shape index (κ2) is 7.25. The smallest absolute Gasteiger partial charge is 0.233 e. The van der Waals surface area contributed by atoms with Gasteiger partial charge in [-0.3, -0.25) is 10.1 Å². The number of amides is 1. The van der Waals surface area contributed by atoms with E-state index in [1.165, 1.54) is 0 Å². The van der Waals surface area contributed by atoms with Gasteiger partial charge in [0.2, 0.25) is 5.91 Å². The van der Waals surface area contributed by atoms with Crippen LogP contribution in [0.3, 0.4) is 0 Å². The van der Waals surface area contributed by atoms with E-state index in [0.717, 1.165) is 25.2 Å². The van der Waals surface area contributed by atoms with Gasteiger partial charge in [-0.05, 0) is 38.0 Å². The van der Waals surface area contributed by atoms with Crippen LogP contribution in [0.4, 0.5) is 0 Å². The van der Waals surface area contributed by atoms with Crippen LogP contribution in [-0.4, -0.2) is 32.2 Å². The van der Waals surface area contributed by atoms with Gasteiger partial charge in [-0.1, -0.05) is 23.7 Å². The summed E-state index contributed by atoms with van der Waals surface area (Å²) in [5.74, 6) is 0.474. The average molecular weight is 311 g/mol. The Labute approximate surface area is 131 Å². The summed E-state index contributed by atoms with van der Waals surface area (Å²) in [4.78, 5) is 11.9. The minimum absolute atomic E-state index is 0.0175. The van der Waals surface area contributed by atoms with E-state index in [0.29, 0.717) is 24.0 Å². The number of hydrogen-bond acceptors (Lipinski definition) is 3. The Kier molecular flexibility index (Phi) is 5.62. The molecule has 0 unspecified atom stereocenters. The largest absolute Gasteiger partial charge is 0.381 e. The summed E-state index contributed by atoms with van der Waals surface area (Å²) in [5.41, 5.74) is 0.821. The molecule has 4 nitrogen and oxygen atoms in total. The van der Waals surface area contributed by atoms with Crippen molar-refractivity contribution in [3.05, 3.63) is 34.9 Å². The molecule has 1 amide bonds. The SMILES string of the molecule is CC(C)(NCC(=O)NC[C@@H]1CCOC1)c1ccc(Cl)cc1. The molecule has 5 heteroatoms. The summed E-state index contributed by atoms with van der Waals surface area (Å²) in [6, 6.07) is 7.67. The molecule has 1 atom stereocenters. The molecule has 2 rings (SSSR count). The van der Waals surface area contributed by atoms with Gasteiger partial charge in [0.05, 0.1) is 13.2 Å². The molecule has 0 saturated carbocycles. The van der Waals surface area contributed by atoms with Crippen molar-refractivity contribution in [3.63, 3.8) is 0 Å². The van der Waals surface area contributed by atoms with Crippen LogP contribution in [0.2, 0.25) is 5.02 Å². The molecule has 0 radical (unpaired) electrons. The number of hydrogen-bond donors (Lipinski definition) is 2. The van der Waals surface area contributed by atoms with Gasteiger partial charge in [0, 0.05) is 29.6 Å². The van der Waals surface area contributed by atoms with Crippen LogP contribution in [0, 0.1) is 5.92 Å². The summed E-state index contributed by atoms with van der Waals surface area (Å²) in [6.45, 7) is 6.65. The van der Waals surface area contributed by atoms with E-state index >= 15 is 0 Å². The normalized spacial score (nSPS) is 18.7. The van der Waals surface area contributed by atoms with Gasteiger partial charge >= 0.3 is 0 Å². The van der Waals surface area contributed by atoms with Crippen LogP contribution in [0.25, 0.3) is 0 Å². The molecule has 2 N–H and O–H groups in total. The highest BCUT2D eigenvalue weighted by atomic mass is 35.5. The molecule has 1 saturated heterocycles. The fraction of sp³-hybridized carbons (Fsp3) is 0.562. The van der Waals surface area contributed by atoms with Crippen LogP contribution in [0.5, 0.6) is 0 Å². The Morgan fingerprint density at radius 1 is 1.38 bits per heavy atom. The summed E-state index contributed by atoms with van der Waals surface area (Å²) in [6.07, 6.45) is 1.03. The monoisotopic (exact) mass is 310 g/mol. The standard InChI is InChI=1S/C16H23ClN2O2/c1-16(2,13-3-5-14(17)6-4-13)19-10-15(20)18-9-12-7-8-21-11-12/h3-6,12,19H,7-11H2,1-2H3,(H,18,20)/t12-/m0/s1. The van der Waals surface area contributed by atoms with Gasteiger partial charge in [-0.25, -0.2) is 0 Å². The molecule has 1 aliphatic heterocycles. The molecular formula is C16H23ClN2O2. The summed E-state index contributed by atoms with van der Waals surface area (Å²) in [7, 11) is 0. The van der Waals surface area contributed by atoms with Gasteiger partial charge in [0.25, 0.3) is 0 Å². The average Bonchev–Trinajstić information content (AvgIpc) is 2.97. The maximum atomic E-state index is 11.9. The number of carbonyl (C=O) groups excluding carboxylic acids is 1. The van der Waals surface area contributed by atoms with E-state index in [-0.39, 0.29) is 11.4 Å². The highest BCUT2D eigenvalue weighted by Crippen LogP contribution is 2.21. The second-order valence-electron chi connectivity index (χ2n) is 6.02. The van der Waals surface area contributed by atoms with Crippen LogP contribution in [0.15, 0.2) is 24.3 Å². The Balaban J connectivity index is 1.77. The van der Waals surface area contributed by atoms with Crippen molar-refractivity contribution in [1.29, 1.82) is 0 Å². The van der Waals surface area contributed by atoms with Gasteiger partial charge in [0.1, 0.15) is 0 Å². The summed E-state index contributed by atoms with van der Waals surface area (Å²) in [5, 5.41) is 6.95. The molecule has 0 aromatic heterocycles. The summed E-state index contributed by atoms with van der Waals surface area (Å²) < 4.78 is 5.29. The first-order valence-corrected chi connectivity index (χ1v) is 7.71. The summed E-state index contributed by atoms with van der Waals surface area (Å²) >= 11 is 5.90. The molecule has 1 heterocycles. The molecule has 0 aliphatic carbocycles. The lowest BCUT2D eigenvalue weighted by Gasteiger charge is -2.27. The molecular weight excluding hydrogens is 288 g/mol. The van der Waals surface area contributed by atoms with Crippen LogP contribution in [-0.2, 0) is 15.1 Å². The van der Waals surface area contributed by atoms with Crippen LogP contribution >= 0.6 is 11.6 Å². The zero-order chi connectivity index (χ0) is 15.3. The Bertz CT molecular complexity index is 468. The zero-order valence-electron chi connectivity index (χ0n) is 12.6. The third-order valence-corrected chi connectivity index (χ3v) is 4.12. The topological polar surface area (TPSA) is 50.4 Å². The lowest BCUT2D eigenvalue weighted by atomic mass is 9.94. The zero-order valence-corrected chi connectivity index (χ0v) is 13.4. The van der Waals surface area contributed by atoms with Crippen molar-refractivity contribution in [3.8, 4) is 0 Å². The van der Waals surface area contributed by atoms with Crippen LogP contribution < -0.4 is 10.6 Å². The Morgan fingerprint density at radius 2 is 2.10 bits per heavy atom. The molecule has 1 aromatic carbocycles. The third-order valence-electron chi connectivity index (χ3n) is 3.87. The van der Waals surface area contributed by atoms with E-state index in [1.807, 2.05) is 38.1 Å². The quantitative estimate of drug-likeness (QED) is 0.848. The van der Waals surface area contributed by atoms with E-state index in [2.05, 4.69) is 10.6 Å². The van der Waals surface area contributed by atoms with Crippen molar-refractivity contribution >= 4 is 17.5 Å². The fourth-order valence-corrected chi connectivity index (χ4v) is 2.46. The highest BCUT2D eigenvalue weighted by Gasteiger charge is 2.21. The highest BCUT2D eigenvalue weighted by molar-refractivity contribution is 6.30. The van der Waals surface area contributed by atoms with E-state index < -0.39 is 0 Å². The third kappa shape index (κ3) is 4.99. The number of ether oxygens (including phenoxy) is 1. The van der Waals surface area contributed by atoms with Crippen molar-refractivity contribution in [1.82, 2.24) is 10.6 Å². The van der Waals surface area contributed by atoms with E-state index in [1.54, 1.807) is 0 Å². The van der Waals surface area contributed by atoms with E-state index in [9.17, 15) is 4.79 Å². The van der Waals surface area contributed by atoms with Crippen molar-refractivity contribution in [2.45, 2.75) is 25.8 Å². The second-order valence-corrected chi connectivity index (χ2v) is 6.46. The molecule has 1 aliphatic rings. The Morgan fingerprint density at radius 3 is 2.71 bits per heavy atom. The number of benzene rings is 1. The van der Waals surface area contributed by atoms with E-state index in [4.69, 9.17) is 16.3 Å². The number of nitrogens with one attached hydrogen (secondary N) is 2. The van der Waals surface area contributed by atoms with Gasteiger partial charge in [-0.2, -0.15) is 0 Å². The van der Waals surface area contributed by atoms with Crippen molar-refractivity contribution < 1.29 is 9.53 Å². The Hall–Kier alpha value is -1.10. The lowest BCUT2D eigenvalue weighted by Crippen LogP contribution is -2.44. The molecule has 1 aromatic rings. The lowest BCUT2D eigenvalue weighted by molar-refractivity contribution is -0.120. The molecule has 21 heavy (non-hydrogen) atoms. The molecule has 1 fully saturated rings. The number of rotatable bonds is 6. The first-order chi connectivity index (χ1) is 9.97. The maximum absolute atomic E-state index is 11.9. The van der Waals surface area contributed by atoms with Gasteiger partial charge < -0.3 is 10.1 Å². The first kappa shape index (κ1) is 16.3.